The first kappa shape index (κ1) is 19.1. The summed E-state index contributed by atoms with van der Waals surface area (Å²) < 4.78 is 25.8. The minimum atomic E-state index is -3.58. The molecule has 0 bridgehead atoms. The summed E-state index contributed by atoms with van der Waals surface area (Å²) in [6.07, 6.45) is 5.14. The van der Waals surface area contributed by atoms with Gasteiger partial charge in [0.05, 0.1) is 4.90 Å². The van der Waals surface area contributed by atoms with Crippen LogP contribution in [0.1, 0.15) is 27.9 Å². The van der Waals surface area contributed by atoms with Crippen molar-refractivity contribution in [2.75, 3.05) is 20.6 Å². The molecule has 0 aliphatic carbocycles. The monoisotopic (exact) mass is 361 g/mol. The van der Waals surface area contributed by atoms with Gasteiger partial charge in [0, 0.05) is 38.6 Å². The largest absolute Gasteiger partial charge is 0.352 e. The Morgan fingerprint density at radius 3 is 2.64 bits per heavy atom. The Morgan fingerprint density at radius 2 is 2.00 bits per heavy atom. The van der Waals surface area contributed by atoms with E-state index < -0.39 is 10.0 Å². The van der Waals surface area contributed by atoms with E-state index >= 15 is 0 Å². The normalized spacial score (nSPS) is 11.5. The van der Waals surface area contributed by atoms with Gasteiger partial charge in [-0.2, -0.15) is 0 Å². The van der Waals surface area contributed by atoms with Gasteiger partial charge in [0.15, 0.2) is 0 Å². The van der Waals surface area contributed by atoms with Gasteiger partial charge in [0.25, 0.3) is 5.91 Å². The van der Waals surface area contributed by atoms with E-state index in [0.717, 1.165) is 22.7 Å². The fourth-order valence-electron chi connectivity index (χ4n) is 2.36. The fourth-order valence-corrected chi connectivity index (χ4v) is 3.50. The number of pyridine rings is 1. The Balaban J connectivity index is 2.00. The second kappa shape index (κ2) is 8.22. The average molecular weight is 361 g/mol. The van der Waals surface area contributed by atoms with Crippen LogP contribution in [-0.4, -0.2) is 44.3 Å². The molecule has 0 aliphatic heterocycles. The first-order valence-electron chi connectivity index (χ1n) is 8.02. The van der Waals surface area contributed by atoms with Crippen molar-refractivity contribution in [2.24, 2.45) is 0 Å². The first-order chi connectivity index (χ1) is 11.8. The molecular weight excluding hydrogens is 338 g/mol. The zero-order valence-electron chi connectivity index (χ0n) is 14.7. The number of benzene rings is 1. The minimum absolute atomic E-state index is 0.153. The van der Waals surface area contributed by atoms with Crippen molar-refractivity contribution in [3.05, 3.63) is 59.4 Å². The number of hydrogen-bond donors (Lipinski definition) is 1. The van der Waals surface area contributed by atoms with Crippen LogP contribution in [0.4, 0.5) is 0 Å². The Kier molecular flexibility index (Phi) is 6.27. The number of aryl methyl sites for hydroxylation is 2. The second-order valence-electron chi connectivity index (χ2n) is 5.99. The van der Waals surface area contributed by atoms with Crippen LogP contribution in [0.3, 0.4) is 0 Å². The summed E-state index contributed by atoms with van der Waals surface area (Å²) in [5, 5.41) is 2.83. The number of nitrogens with one attached hydrogen (secondary N) is 1. The lowest BCUT2D eigenvalue weighted by Gasteiger charge is -2.14. The number of rotatable bonds is 7. The maximum atomic E-state index is 12.3. The van der Waals surface area contributed by atoms with Crippen LogP contribution in [0.2, 0.25) is 0 Å². The molecule has 0 unspecified atom stereocenters. The van der Waals surface area contributed by atoms with Gasteiger partial charge in [-0.15, -0.1) is 0 Å². The van der Waals surface area contributed by atoms with Crippen LogP contribution >= 0.6 is 0 Å². The van der Waals surface area contributed by atoms with Crippen molar-refractivity contribution in [3.8, 4) is 0 Å². The molecule has 1 aromatic carbocycles. The standard InChI is InChI=1S/C18H23N3O3S/c1-14-8-9-16(12-17(14)25(23,24)21(2)3)18(22)20-11-5-7-15-6-4-10-19-13-15/h4,6,8-10,12-13H,5,7,11H2,1-3H3,(H,20,22). The van der Waals surface area contributed by atoms with Crippen LogP contribution in [0.25, 0.3) is 0 Å². The predicted octanol–water partition coefficient (Wildman–Crippen LogP) is 2.00. The molecule has 0 atom stereocenters. The summed E-state index contributed by atoms with van der Waals surface area (Å²) >= 11 is 0. The molecule has 2 rings (SSSR count). The quantitative estimate of drug-likeness (QED) is 0.765. The molecule has 0 spiro atoms. The van der Waals surface area contributed by atoms with Crippen LogP contribution < -0.4 is 5.32 Å². The molecule has 0 radical (unpaired) electrons. The first-order valence-corrected chi connectivity index (χ1v) is 9.46. The Morgan fingerprint density at radius 1 is 1.24 bits per heavy atom. The number of amides is 1. The molecule has 0 aliphatic rings. The zero-order chi connectivity index (χ0) is 18.4. The number of nitrogens with zero attached hydrogens (tertiary/aromatic N) is 2. The van der Waals surface area contributed by atoms with Gasteiger partial charge in [-0.1, -0.05) is 12.1 Å². The summed E-state index contributed by atoms with van der Waals surface area (Å²) in [7, 11) is -0.634. The maximum absolute atomic E-state index is 12.3. The lowest BCUT2D eigenvalue weighted by atomic mass is 10.1. The van der Waals surface area contributed by atoms with Crippen LogP contribution in [0, 0.1) is 6.92 Å². The fraction of sp³-hybridized carbons (Fsp3) is 0.333. The number of aromatic nitrogens is 1. The highest BCUT2D eigenvalue weighted by molar-refractivity contribution is 7.89. The van der Waals surface area contributed by atoms with E-state index in [4.69, 9.17) is 0 Å². The Labute approximate surface area is 148 Å². The van der Waals surface area contributed by atoms with Gasteiger partial charge in [0.1, 0.15) is 0 Å². The van der Waals surface area contributed by atoms with Gasteiger partial charge in [-0.25, -0.2) is 12.7 Å². The van der Waals surface area contributed by atoms with Gasteiger partial charge >= 0.3 is 0 Å². The van der Waals surface area contributed by atoms with E-state index in [2.05, 4.69) is 10.3 Å². The van der Waals surface area contributed by atoms with Crippen LogP contribution in [-0.2, 0) is 16.4 Å². The van der Waals surface area contributed by atoms with Crippen molar-refractivity contribution in [1.82, 2.24) is 14.6 Å². The summed E-state index contributed by atoms with van der Waals surface area (Å²) in [5.41, 5.74) is 2.07. The average Bonchev–Trinajstić information content (AvgIpc) is 2.59. The predicted molar refractivity (Wildman–Crippen MR) is 96.9 cm³/mol. The third-order valence-electron chi connectivity index (χ3n) is 3.86. The van der Waals surface area contributed by atoms with E-state index in [1.54, 1.807) is 31.5 Å². The summed E-state index contributed by atoms with van der Waals surface area (Å²) in [5.74, 6) is -0.276. The van der Waals surface area contributed by atoms with Crippen molar-refractivity contribution in [2.45, 2.75) is 24.7 Å². The molecule has 0 saturated heterocycles. The summed E-state index contributed by atoms with van der Waals surface area (Å²) in [4.78, 5) is 16.5. The maximum Gasteiger partial charge on any atom is 0.251 e. The molecule has 1 N–H and O–H groups in total. The van der Waals surface area contributed by atoms with E-state index in [-0.39, 0.29) is 10.8 Å². The molecular formula is C18H23N3O3S. The Hall–Kier alpha value is -2.25. The molecule has 0 fully saturated rings. The molecule has 1 heterocycles. The van der Waals surface area contributed by atoms with Gasteiger partial charge in [0.2, 0.25) is 10.0 Å². The number of sulfonamides is 1. The van der Waals surface area contributed by atoms with Crippen LogP contribution in [0.5, 0.6) is 0 Å². The van der Waals surface area contributed by atoms with Crippen molar-refractivity contribution in [3.63, 3.8) is 0 Å². The molecule has 2 aromatic rings. The summed E-state index contributed by atoms with van der Waals surface area (Å²) in [6, 6.07) is 8.60. The smallest absolute Gasteiger partial charge is 0.251 e. The molecule has 0 saturated carbocycles. The molecule has 1 amide bonds. The molecule has 134 valence electrons. The molecule has 6 nitrogen and oxygen atoms in total. The highest BCUT2D eigenvalue weighted by atomic mass is 32.2. The lowest BCUT2D eigenvalue weighted by molar-refractivity contribution is 0.0953. The highest BCUT2D eigenvalue weighted by Gasteiger charge is 2.21. The Bertz CT molecular complexity index is 834. The molecule has 25 heavy (non-hydrogen) atoms. The van der Waals surface area contributed by atoms with Gasteiger partial charge < -0.3 is 5.32 Å². The minimum Gasteiger partial charge on any atom is -0.352 e. The highest BCUT2D eigenvalue weighted by Crippen LogP contribution is 2.19. The molecule has 7 heteroatoms. The topological polar surface area (TPSA) is 79.4 Å². The number of hydrogen-bond acceptors (Lipinski definition) is 4. The van der Waals surface area contributed by atoms with E-state index in [1.807, 2.05) is 12.1 Å². The van der Waals surface area contributed by atoms with Gasteiger partial charge in [-0.05, 0) is 49.1 Å². The third kappa shape index (κ3) is 4.87. The SMILES string of the molecule is Cc1ccc(C(=O)NCCCc2cccnc2)cc1S(=O)(=O)N(C)C. The van der Waals surface area contributed by atoms with E-state index in [1.165, 1.54) is 20.2 Å². The van der Waals surface area contributed by atoms with Crippen molar-refractivity contribution in [1.29, 1.82) is 0 Å². The van der Waals surface area contributed by atoms with Crippen molar-refractivity contribution >= 4 is 15.9 Å². The number of carbonyl (C=O) groups is 1. The number of carbonyl (C=O) groups excluding carboxylic acids is 1. The van der Waals surface area contributed by atoms with Gasteiger partial charge in [-0.3, -0.25) is 9.78 Å². The summed E-state index contributed by atoms with van der Waals surface area (Å²) in [6.45, 7) is 2.23. The lowest BCUT2D eigenvalue weighted by Crippen LogP contribution is -2.26. The zero-order valence-corrected chi connectivity index (χ0v) is 15.5. The van der Waals surface area contributed by atoms with E-state index in [9.17, 15) is 13.2 Å². The third-order valence-corrected chi connectivity index (χ3v) is 5.82. The van der Waals surface area contributed by atoms with E-state index in [0.29, 0.717) is 17.7 Å². The second-order valence-corrected chi connectivity index (χ2v) is 8.11. The van der Waals surface area contributed by atoms with Crippen molar-refractivity contribution < 1.29 is 13.2 Å². The van der Waals surface area contributed by atoms with Crippen LogP contribution in [0.15, 0.2) is 47.6 Å². The molecule has 1 aromatic heterocycles.